The summed E-state index contributed by atoms with van der Waals surface area (Å²) in [6, 6.07) is 3.35. The molecule has 116 valence electrons. The van der Waals surface area contributed by atoms with Gasteiger partial charge in [-0.1, -0.05) is 15.9 Å². The second-order valence-electron chi connectivity index (χ2n) is 5.22. The summed E-state index contributed by atoms with van der Waals surface area (Å²) < 4.78 is 26.8. The number of anilines is 1. The molecule has 0 spiro atoms. The van der Waals surface area contributed by atoms with Crippen LogP contribution < -0.4 is 11.1 Å². The first-order valence-electron chi connectivity index (χ1n) is 6.53. The van der Waals surface area contributed by atoms with Gasteiger partial charge >= 0.3 is 0 Å². The Morgan fingerprint density at radius 2 is 2.10 bits per heavy atom. The first-order valence-corrected chi connectivity index (χ1v) is 8.76. The maximum Gasteiger partial charge on any atom is 0.243 e. The van der Waals surface area contributed by atoms with Gasteiger partial charge in [0.15, 0.2) is 0 Å². The third-order valence-corrected chi connectivity index (χ3v) is 5.75. The van der Waals surface area contributed by atoms with E-state index in [9.17, 15) is 13.2 Å². The standard InChI is InChI=1S/C13H18BrN3O3S/c1-8-11(15)5-9(14)6-12(8)21(19,20)17(2)7-13(18)16-10-3-4-10/h5-6,10H,3-4,7,15H2,1-2H3,(H,16,18). The normalized spacial score (nSPS) is 15.2. The van der Waals surface area contributed by atoms with E-state index in [0.717, 1.165) is 17.1 Å². The Morgan fingerprint density at radius 1 is 1.48 bits per heavy atom. The van der Waals surface area contributed by atoms with Crippen molar-refractivity contribution >= 4 is 37.5 Å². The van der Waals surface area contributed by atoms with Gasteiger partial charge in [-0.15, -0.1) is 0 Å². The van der Waals surface area contributed by atoms with Gasteiger partial charge in [0, 0.05) is 23.2 Å². The van der Waals surface area contributed by atoms with Gasteiger partial charge in [0.2, 0.25) is 15.9 Å². The average Bonchev–Trinajstić information content (AvgIpc) is 3.17. The first kappa shape index (κ1) is 16.3. The zero-order valence-electron chi connectivity index (χ0n) is 11.9. The van der Waals surface area contributed by atoms with E-state index in [-0.39, 0.29) is 23.4 Å². The third-order valence-electron chi connectivity index (χ3n) is 3.36. The molecule has 3 N–H and O–H groups in total. The number of likely N-dealkylation sites (N-methyl/N-ethyl adjacent to an activating group) is 1. The van der Waals surface area contributed by atoms with Crippen LogP contribution in [-0.2, 0) is 14.8 Å². The number of carbonyl (C=O) groups excluding carboxylic acids is 1. The van der Waals surface area contributed by atoms with E-state index < -0.39 is 10.0 Å². The van der Waals surface area contributed by atoms with Crippen molar-refractivity contribution in [3.8, 4) is 0 Å². The van der Waals surface area contributed by atoms with Crippen molar-refractivity contribution in [2.24, 2.45) is 0 Å². The number of hydrogen-bond acceptors (Lipinski definition) is 4. The number of hydrogen-bond donors (Lipinski definition) is 2. The molecule has 6 nitrogen and oxygen atoms in total. The largest absolute Gasteiger partial charge is 0.398 e. The monoisotopic (exact) mass is 375 g/mol. The number of nitrogens with one attached hydrogen (secondary N) is 1. The molecule has 0 saturated heterocycles. The Hall–Kier alpha value is -1.12. The Bertz CT molecular complexity index is 671. The molecule has 1 aromatic rings. The molecule has 0 atom stereocenters. The molecule has 1 aliphatic rings. The Balaban J connectivity index is 2.22. The van der Waals surface area contributed by atoms with Gasteiger partial charge in [0.05, 0.1) is 11.4 Å². The van der Waals surface area contributed by atoms with Crippen molar-refractivity contribution in [3.63, 3.8) is 0 Å². The van der Waals surface area contributed by atoms with Crippen molar-refractivity contribution in [2.45, 2.75) is 30.7 Å². The summed E-state index contributed by atoms with van der Waals surface area (Å²) in [6.45, 7) is 1.44. The number of halogens is 1. The maximum atomic E-state index is 12.6. The van der Waals surface area contributed by atoms with Crippen LogP contribution in [0.25, 0.3) is 0 Å². The van der Waals surface area contributed by atoms with Crippen molar-refractivity contribution in [1.82, 2.24) is 9.62 Å². The molecule has 0 aliphatic heterocycles. The van der Waals surface area contributed by atoms with Crippen LogP contribution in [0.4, 0.5) is 5.69 Å². The van der Waals surface area contributed by atoms with Gasteiger partial charge in [-0.3, -0.25) is 4.79 Å². The van der Waals surface area contributed by atoms with E-state index >= 15 is 0 Å². The zero-order chi connectivity index (χ0) is 15.8. The summed E-state index contributed by atoms with van der Waals surface area (Å²) >= 11 is 3.24. The Morgan fingerprint density at radius 3 is 2.67 bits per heavy atom. The zero-order valence-corrected chi connectivity index (χ0v) is 14.3. The van der Waals surface area contributed by atoms with Crippen LogP contribution in [0.3, 0.4) is 0 Å². The highest BCUT2D eigenvalue weighted by Crippen LogP contribution is 2.28. The van der Waals surface area contributed by atoms with Crippen LogP contribution in [0.5, 0.6) is 0 Å². The molecule has 0 heterocycles. The minimum absolute atomic E-state index is 0.107. The number of amides is 1. The summed E-state index contributed by atoms with van der Waals surface area (Å²) in [5, 5.41) is 2.77. The second-order valence-corrected chi connectivity index (χ2v) is 8.15. The lowest BCUT2D eigenvalue weighted by Gasteiger charge is -2.19. The summed E-state index contributed by atoms with van der Waals surface area (Å²) in [5.41, 5.74) is 6.67. The average molecular weight is 376 g/mol. The highest BCUT2D eigenvalue weighted by molar-refractivity contribution is 9.10. The predicted molar refractivity (Wildman–Crippen MR) is 84.3 cm³/mol. The van der Waals surface area contributed by atoms with E-state index in [2.05, 4.69) is 21.2 Å². The Labute approximate surface area is 132 Å². The molecule has 1 aliphatic carbocycles. The molecule has 0 unspecified atom stereocenters. The number of nitrogens with two attached hydrogens (primary N) is 1. The van der Waals surface area contributed by atoms with E-state index in [1.807, 2.05) is 0 Å². The number of carbonyl (C=O) groups is 1. The molecule has 1 aromatic carbocycles. The molecular formula is C13H18BrN3O3S. The molecule has 0 radical (unpaired) electrons. The third kappa shape index (κ3) is 3.75. The van der Waals surface area contributed by atoms with Crippen molar-refractivity contribution in [3.05, 3.63) is 22.2 Å². The lowest BCUT2D eigenvalue weighted by Crippen LogP contribution is -2.39. The molecule has 0 aromatic heterocycles. The van der Waals surface area contributed by atoms with Crippen LogP contribution in [0.15, 0.2) is 21.5 Å². The van der Waals surface area contributed by atoms with E-state index in [1.165, 1.54) is 13.1 Å². The molecule has 21 heavy (non-hydrogen) atoms. The van der Waals surface area contributed by atoms with Crippen molar-refractivity contribution in [2.75, 3.05) is 19.3 Å². The number of nitrogens with zero attached hydrogens (tertiary/aromatic N) is 1. The number of sulfonamides is 1. The van der Waals surface area contributed by atoms with E-state index in [1.54, 1.807) is 13.0 Å². The van der Waals surface area contributed by atoms with Gasteiger partial charge in [-0.2, -0.15) is 4.31 Å². The first-order chi connectivity index (χ1) is 9.71. The van der Waals surface area contributed by atoms with Gasteiger partial charge in [0.25, 0.3) is 0 Å². The van der Waals surface area contributed by atoms with Crippen molar-refractivity contribution < 1.29 is 13.2 Å². The molecule has 1 saturated carbocycles. The smallest absolute Gasteiger partial charge is 0.243 e. The van der Waals surface area contributed by atoms with Crippen LogP contribution in [0, 0.1) is 6.92 Å². The number of benzene rings is 1. The highest BCUT2D eigenvalue weighted by Gasteiger charge is 2.28. The maximum absolute atomic E-state index is 12.6. The molecule has 2 rings (SSSR count). The lowest BCUT2D eigenvalue weighted by molar-refractivity contribution is -0.121. The summed E-state index contributed by atoms with van der Waals surface area (Å²) in [6.07, 6.45) is 1.92. The molecule has 8 heteroatoms. The Kier molecular flexibility index (Phi) is 4.60. The van der Waals surface area contributed by atoms with Crippen LogP contribution >= 0.6 is 15.9 Å². The second kappa shape index (κ2) is 5.94. The molecule has 0 bridgehead atoms. The topological polar surface area (TPSA) is 92.5 Å². The number of rotatable bonds is 5. The fourth-order valence-corrected chi connectivity index (χ4v) is 3.93. The van der Waals surface area contributed by atoms with Gasteiger partial charge < -0.3 is 11.1 Å². The van der Waals surface area contributed by atoms with Crippen molar-refractivity contribution in [1.29, 1.82) is 0 Å². The van der Waals surface area contributed by atoms with Gasteiger partial charge in [0.1, 0.15) is 0 Å². The molecule has 1 fully saturated rings. The van der Waals surface area contributed by atoms with Gasteiger partial charge in [-0.05, 0) is 37.5 Å². The minimum atomic E-state index is -3.76. The summed E-state index contributed by atoms with van der Waals surface area (Å²) in [7, 11) is -2.38. The minimum Gasteiger partial charge on any atom is -0.398 e. The predicted octanol–water partition coefficient (Wildman–Crippen LogP) is 1.24. The van der Waals surface area contributed by atoms with E-state index in [4.69, 9.17) is 5.73 Å². The van der Waals surface area contributed by atoms with Crippen LogP contribution in [0.1, 0.15) is 18.4 Å². The summed E-state index contributed by atoms with van der Waals surface area (Å²) in [4.78, 5) is 11.9. The fraction of sp³-hybridized carbons (Fsp3) is 0.462. The number of nitrogen functional groups attached to an aromatic ring is 1. The molecular weight excluding hydrogens is 358 g/mol. The fourth-order valence-electron chi connectivity index (χ4n) is 1.90. The quantitative estimate of drug-likeness (QED) is 0.757. The molecule has 1 amide bonds. The van der Waals surface area contributed by atoms with E-state index in [0.29, 0.717) is 15.7 Å². The van der Waals surface area contributed by atoms with Crippen LogP contribution in [0.2, 0.25) is 0 Å². The van der Waals surface area contributed by atoms with Crippen LogP contribution in [-0.4, -0.2) is 38.3 Å². The highest BCUT2D eigenvalue weighted by atomic mass is 79.9. The SMILES string of the molecule is Cc1c(N)cc(Br)cc1S(=O)(=O)N(C)CC(=O)NC1CC1. The summed E-state index contributed by atoms with van der Waals surface area (Å²) in [5.74, 6) is -0.288. The van der Waals surface area contributed by atoms with Gasteiger partial charge in [-0.25, -0.2) is 8.42 Å². The lowest BCUT2D eigenvalue weighted by atomic mass is 10.2.